The molecule has 0 bridgehead atoms. The molecule has 0 saturated carbocycles. The number of methoxy groups -OCH3 is 2. The monoisotopic (exact) mass is 655 g/mol. The van der Waals surface area contributed by atoms with Crippen molar-refractivity contribution in [2.45, 2.75) is 58.1 Å². The Hall–Kier alpha value is -5.07. The lowest BCUT2D eigenvalue weighted by Crippen LogP contribution is -2.53. The number of hydrogen-bond donors (Lipinski definition) is 2. The molecular formula is C34H41NO12. The Balaban J connectivity index is 1.88. The number of benzene rings is 2. The van der Waals surface area contributed by atoms with Crippen LogP contribution in [0, 0.1) is 5.41 Å². The van der Waals surface area contributed by atoms with E-state index in [1.807, 2.05) is 6.07 Å². The van der Waals surface area contributed by atoms with E-state index < -0.39 is 53.8 Å². The van der Waals surface area contributed by atoms with Crippen LogP contribution in [0.25, 0.3) is 0 Å². The van der Waals surface area contributed by atoms with Crippen LogP contribution in [0.2, 0.25) is 0 Å². The van der Waals surface area contributed by atoms with Crippen LogP contribution in [0.4, 0.5) is 0 Å². The van der Waals surface area contributed by atoms with Gasteiger partial charge in [0, 0.05) is 12.6 Å². The van der Waals surface area contributed by atoms with E-state index in [1.165, 1.54) is 51.2 Å². The maximum Gasteiger partial charge on any atom is 0.341 e. The number of rotatable bonds is 16. The topological polar surface area (TPSA) is 175 Å². The quantitative estimate of drug-likeness (QED) is 0.152. The highest BCUT2D eigenvalue weighted by molar-refractivity contribution is 6.38. The van der Waals surface area contributed by atoms with Crippen LogP contribution in [0.5, 0.6) is 23.0 Å². The van der Waals surface area contributed by atoms with Crippen LogP contribution in [-0.4, -0.2) is 84.7 Å². The van der Waals surface area contributed by atoms with Gasteiger partial charge in [0.1, 0.15) is 18.8 Å². The van der Waals surface area contributed by atoms with Gasteiger partial charge < -0.3 is 38.8 Å². The normalized spacial score (nSPS) is 15.1. The third kappa shape index (κ3) is 9.71. The number of carbonyl (C=O) groups is 5. The Morgan fingerprint density at radius 2 is 1.74 bits per heavy atom. The van der Waals surface area contributed by atoms with E-state index in [1.54, 1.807) is 12.1 Å². The molecule has 1 fully saturated rings. The molecule has 1 aliphatic rings. The van der Waals surface area contributed by atoms with Gasteiger partial charge in [-0.15, -0.1) is 0 Å². The van der Waals surface area contributed by atoms with Crippen molar-refractivity contribution in [3.63, 3.8) is 0 Å². The summed E-state index contributed by atoms with van der Waals surface area (Å²) in [5.41, 5.74) is -0.113. The molecule has 0 aliphatic carbocycles. The average Bonchev–Trinajstić information content (AvgIpc) is 3.07. The van der Waals surface area contributed by atoms with Crippen LogP contribution in [-0.2, 0) is 39.9 Å². The van der Waals surface area contributed by atoms with E-state index >= 15 is 0 Å². The molecule has 1 amide bonds. The first-order valence-corrected chi connectivity index (χ1v) is 15.0. The summed E-state index contributed by atoms with van der Waals surface area (Å²) in [7, 11) is 3.03. The smallest absolute Gasteiger partial charge is 0.341 e. The van der Waals surface area contributed by atoms with Crippen LogP contribution in [0.15, 0.2) is 49.1 Å². The van der Waals surface area contributed by atoms with Crippen molar-refractivity contribution in [1.29, 1.82) is 0 Å². The SMILES string of the molecule is C=CC(=O)OCC(C)(C)C(=O)C(=O)N1CCCCC1C(=O)O[C@H](CCc1ccc(OC)c(OC)c1)c1ccc(O)c(OCC(=O)O)c1. The molecule has 13 heteroatoms. The maximum absolute atomic E-state index is 13.8. The first kappa shape index (κ1) is 36.4. The highest BCUT2D eigenvalue weighted by Crippen LogP contribution is 2.35. The van der Waals surface area contributed by atoms with Crippen molar-refractivity contribution < 1.29 is 57.9 Å². The Kier molecular flexibility index (Phi) is 12.8. The summed E-state index contributed by atoms with van der Waals surface area (Å²) in [4.78, 5) is 64.3. The van der Waals surface area contributed by atoms with Crippen molar-refractivity contribution in [2.24, 2.45) is 5.41 Å². The van der Waals surface area contributed by atoms with Gasteiger partial charge >= 0.3 is 17.9 Å². The molecule has 2 N–H and O–H groups in total. The number of aromatic hydroxyl groups is 1. The summed E-state index contributed by atoms with van der Waals surface area (Å²) in [5, 5.41) is 19.3. The minimum Gasteiger partial charge on any atom is -0.504 e. The molecule has 1 heterocycles. The zero-order chi connectivity index (χ0) is 34.7. The lowest BCUT2D eigenvalue weighted by Gasteiger charge is -2.36. The number of piperidine rings is 1. The summed E-state index contributed by atoms with van der Waals surface area (Å²) >= 11 is 0. The third-order valence-electron chi connectivity index (χ3n) is 7.69. The average molecular weight is 656 g/mol. The number of phenolic OH excluding ortho intramolecular Hbond substituents is 1. The number of ketones is 1. The summed E-state index contributed by atoms with van der Waals surface area (Å²) in [6.07, 6.45) is 2.11. The van der Waals surface area contributed by atoms with Crippen molar-refractivity contribution in [2.75, 3.05) is 34.0 Å². The molecule has 0 spiro atoms. The summed E-state index contributed by atoms with van der Waals surface area (Å²) in [6, 6.07) is 8.53. The Bertz CT molecular complexity index is 1480. The van der Waals surface area contributed by atoms with Gasteiger partial charge in [-0.05, 0) is 81.3 Å². The number of hydrogen-bond acceptors (Lipinski definition) is 11. The number of likely N-dealkylation sites (tertiary alicyclic amines) is 1. The zero-order valence-corrected chi connectivity index (χ0v) is 27.0. The molecule has 0 aromatic heterocycles. The fourth-order valence-electron chi connectivity index (χ4n) is 5.05. The number of phenols is 1. The van der Waals surface area contributed by atoms with Gasteiger partial charge in [0.15, 0.2) is 29.6 Å². The molecule has 13 nitrogen and oxygen atoms in total. The number of aryl methyl sites for hydroxylation is 1. The molecule has 3 rings (SSSR count). The van der Waals surface area contributed by atoms with E-state index in [2.05, 4.69) is 6.58 Å². The highest BCUT2D eigenvalue weighted by atomic mass is 16.5. The van der Waals surface area contributed by atoms with E-state index in [9.17, 15) is 29.1 Å². The maximum atomic E-state index is 13.8. The van der Waals surface area contributed by atoms with Crippen molar-refractivity contribution in [3.05, 3.63) is 60.2 Å². The summed E-state index contributed by atoms with van der Waals surface area (Å²) in [6.45, 7) is 5.36. The number of aliphatic carboxylic acids is 1. The molecule has 1 unspecified atom stereocenters. The van der Waals surface area contributed by atoms with Gasteiger partial charge in [-0.1, -0.05) is 18.7 Å². The molecule has 254 valence electrons. The van der Waals surface area contributed by atoms with Crippen molar-refractivity contribution in [1.82, 2.24) is 4.90 Å². The highest BCUT2D eigenvalue weighted by Gasteiger charge is 2.42. The minimum atomic E-state index is -1.36. The number of amides is 1. The zero-order valence-electron chi connectivity index (χ0n) is 27.0. The van der Waals surface area contributed by atoms with Crippen molar-refractivity contribution in [3.8, 4) is 23.0 Å². The predicted octanol–water partition coefficient (Wildman–Crippen LogP) is 3.80. The van der Waals surface area contributed by atoms with E-state index in [0.717, 1.165) is 11.6 Å². The van der Waals surface area contributed by atoms with E-state index in [0.29, 0.717) is 36.3 Å². The molecule has 2 aromatic rings. The molecule has 2 atom stereocenters. The fraction of sp³-hybridized carbons (Fsp3) is 0.441. The second-order valence-electron chi connectivity index (χ2n) is 11.6. The summed E-state index contributed by atoms with van der Waals surface area (Å²) in [5.74, 6) is -3.79. The van der Waals surface area contributed by atoms with Crippen LogP contribution >= 0.6 is 0 Å². The molecule has 1 saturated heterocycles. The number of carboxylic acid groups (broad SMARTS) is 1. The number of esters is 2. The Morgan fingerprint density at radius 3 is 2.40 bits per heavy atom. The van der Waals surface area contributed by atoms with Gasteiger partial charge in [0.05, 0.1) is 19.6 Å². The van der Waals surface area contributed by atoms with E-state index in [4.69, 9.17) is 28.8 Å². The van der Waals surface area contributed by atoms with Gasteiger partial charge in [-0.2, -0.15) is 0 Å². The standard InChI is InChI=1S/C34H41NO12/c1-6-30(39)46-20-34(2,3)31(40)32(41)35-16-8-7-9-23(35)33(42)47-25(14-10-21-11-15-26(43-4)28(17-21)44-5)22-12-13-24(36)27(18-22)45-19-29(37)38/h6,11-13,15,17-18,23,25,36H,1,7-10,14,16,19-20H2,2-5H3,(H,37,38)/t23?,25-/m1/s1. The second kappa shape index (κ2) is 16.5. The van der Waals surface area contributed by atoms with E-state index in [-0.39, 0.29) is 37.5 Å². The fourth-order valence-corrected chi connectivity index (χ4v) is 5.05. The van der Waals surface area contributed by atoms with Gasteiger partial charge in [0.2, 0.25) is 5.78 Å². The number of nitrogens with zero attached hydrogens (tertiary/aromatic N) is 1. The lowest BCUT2D eigenvalue weighted by atomic mass is 9.87. The molecular weight excluding hydrogens is 614 g/mol. The van der Waals surface area contributed by atoms with Crippen LogP contribution < -0.4 is 14.2 Å². The Morgan fingerprint density at radius 1 is 1.02 bits per heavy atom. The van der Waals surface area contributed by atoms with Gasteiger partial charge in [-0.3, -0.25) is 9.59 Å². The molecule has 2 aromatic carbocycles. The molecule has 1 aliphatic heterocycles. The molecule has 47 heavy (non-hydrogen) atoms. The third-order valence-corrected chi connectivity index (χ3v) is 7.69. The number of carboxylic acids is 1. The largest absolute Gasteiger partial charge is 0.504 e. The first-order chi connectivity index (χ1) is 22.3. The predicted molar refractivity (Wildman–Crippen MR) is 167 cm³/mol. The lowest BCUT2D eigenvalue weighted by molar-refractivity contribution is -0.165. The minimum absolute atomic E-state index is 0.114. The van der Waals surface area contributed by atoms with Crippen LogP contribution in [0.3, 0.4) is 0 Å². The Labute approximate surface area is 273 Å². The summed E-state index contributed by atoms with van der Waals surface area (Å²) < 4.78 is 27.0. The van der Waals surface area contributed by atoms with Crippen molar-refractivity contribution >= 4 is 29.6 Å². The number of ether oxygens (including phenoxy) is 5. The molecule has 0 radical (unpaired) electrons. The second-order valence-corrected chi connectivity index (χ2v) is 11.6. The number of carbonyl (C=O) groups excluding carboxylic acids is 4. The van der Waals surface area contributed by atoms with Crippen LogP contribution in [0.1, 0.15) is 56.8 Å². The van der Waals surface area contributed by atoms with Gasteiger partial charge in [-0.25, -0.2) is 14.4 Å². The number of Topliss-reactive ketones (excluding diaryl/α,β-unsaturated/α-hetero) is 1. The first-order valence-electron chi connectivity index (χ1n) is 15.0. The van der Waals surface area contributed by atoms with Gasteiger partial charge in [0.25, 0.3) is 5.91 Å².